The molecule has 1 fully saturated rings. The predicted molar refractivity (Wildman–Crippen MR) is 76.1 cm³/mol. The third-order valence-electron chi connectivity index (χ3n) is 3.44. The molecule has 2 heterocycles. The summed E-state index contributed by atoms with van der Waals surface area (Å²) in [5.41, 5.74) is 0.0551. The Morgan fingerprint density at radius 3 is 3.05 bits per heavy atom. The molecule has 0 aliphatic carbocycles. The maximum atomic E-state index is 12.4. The van der Waals surface area contributed by atoms with Gasteiger partial charge in [0.1, 0.15) is 5.69 Å². The molecule has 7 heteroatoms. The largest absolute Gasteiger partial charge is 0.394 e. The van der Waals surface area contributed by atoms with Gasteiger partial charge < -0.3 is 14.7 Å². The van der Waals surface area contributed by atoms with Crippen molar-refractivity contribution in [1.82, 2.24) is 14.7 Å². The van der Waals surface area contributed by atoms with Crippen molar-refractivity contribution in [1.29, 1.82) is 0 Å². The molecule has 1 aromatic heterocycles. The van der Waals surface area contributed by atoms with Crippen molar-refractivity contribution in [2.45, 2.75) is 32.4 Å². The molecule has 1 N–H and O–H groups in total. The molecule has 1 aliphatic rings. The number of aryl methyl sites for hydroxylation is 1. The van der Waals surface area contributed by atoms with E-state index in [2.05, 4.69) is 5.10 Å². The van der Waals surface area contributed by atoms with Crippen LogP contribution in [0.15, 0.2) is 16.9 Å². The van der Waals surface area contributed by atoms with E-state index in [4.69, 9.17) is 9.84 Å². The van der Waals surface area contributed by atoms with Crippen molar-refractivity contribution < 1.29 is 14.6 Å². The zero-order chi connectivity index (χ0) is 15.2. The lowest BCUT2D eigenvalue weighted by Gasteiger charge is -2.31. The molecular weight excluding hydrogens is 274 g/mol. The van der Waals surface area contributed by atoms with Gasteiger partial charge in [-0.05, 0) is 12.5 Å². The van der Waals surface area contributed by atoms with Crippen LogP contribution in [-0.4, -0.2) is 58.1 Å². The highest BCUT2D eigenvalue weighted by Crippen LogP contribution is 2.08. The molecule has 0 radical (unpaired) electrons. The summed E-state index contributed by atoms with van der Waals surface area (Å²) in [4.78, 5) is 25.7. The van der Waals surface area contributed by atoms with Crippen LogP contribution in [0.5, 0.6) is 0 Å². The van der Waals surface area contributed by atoms with Crippen LogP contribution in [0.3, 0.4) is 0 Å². The fraction of sp³-hybridized carbons (Fsp3) is 0.643. The number of ether oxygens (including phenoxy) is 1. The number of aliphatic hydroxyl groups excluding tert-OH is 1. The predicted octanol–water partition coefficient (Wildman–Crippen LogP) is -0.123. The Morgan fingerprint density at radius 1 is 1.52 bits per heavy atom. The van der Waals surface area contributed by atoms with E-state index in [1.54, 1.807) is 4.90 Å². The minimum atomic E-state index is -0.353. The number of rotatable bonds is 5. The Bertz CT molecular complexity index is 543. The van der Waals surface area contributed by atoms with Crippen LogP contribution >= 0.6 is 0 Å². The lowest BCUT2D eigenvalue weighted by atomic mass is 10.2. The number of hydrogen-bond acceptors (Lipinski definition) is 5. The van der Waals surface area contributed by atoms with Gasteiger partial charge in [0.05, 0.1) is 19.3 Å². The quantitative estimate of drug-likeness (QED) is 0.818. The Labute approximate surface area is 123 Å². The molecule has 0 spiro atoms. The molecule has 0 saturated carbocycles. The Balaban J connectivity index is 2.13. The second-order valence-corrected chi connectivity index (χ2v) is 5.06. The average Bonchev–Trinajstić information content (AvgIpc) is 2.53. The lowest BCUT2D eigenvalue weighted by molar-refractivity contribution is -0.0449. The van der Waals surface area contributed by atoms with Gasteiger partial charge in [0.2, 0.25) is 0 Å². The summed E-state index contributed by atoms with van der Waals surface area (Å²) in [5.74, 6) is -0.234. The Hall–Kier alpha value is -1.73. The molecule has 2 rings (SSSR count). The number of unbranched alkanes of at least 4 members (excludes halogenated alkanes) is 1. The fourth-order valence-corrected chi connectivity index (χ4v) is 2.21. The zero-order valence-electron chi connectivity index (χ0n) is 12.2. The first kappa shape index (κ1) is 15.7. The zero-order valence-corrected chi connectivity index (χ0v) is 12.2. The van der Waals surface area contributed by atoms with Gasteiger partial charge in [0, 0.05) is 25.7 Å². The summed E-state index contributed by atoms with van der Waals surface area (Å²) in [6.45, 7) is 3.62. The molecule has 1 unspecified atom stereocenters. The number of amides is 1. The number of carbonyl (C=O) groups excluding carboxylic acids is 1. The van der Waals surface area contributed by atoms with Crippen molar-refractivity contribution in [3.8, 4) is 0 Å². The van der Waals surface area contributed by atoms with Crippen molar-refractivity contribution in [2.24, 2.45) is 0 Å². The summed E-state index contributed by atoms with van der Waals surface area (Å²) in [6.07, 6.45) is 1.44. The van der Waals surface area contributed by atoms with E-state index >= 15 is 0 Å². The summed E-state index contributed by atoms with van der Waals surface area (Å²) in [7, 11) is 0. The molecule has 1 aromatic rings. The van der Waals surface area contributed by atoms with E-state index in [9.17, 15) is 9.59 Å². The third-order valence-corrected chi connectivity index (χ3v) is 3.44. The van der Waals surface area contributed by atoms with Crippen LogP contribution in [-0.2, 0) is 11.3 Å². The van der Waals surface area contributed by atoms with Gasteiger partial charge in [-0.1, -0.05) is 13.3 Å². The van der Waals surface area contributed by atoms with Crippen LogP contribution in [0.25, 0.3) is 0 Å². The molecule has 116 valence electrons. The summed E-state index contributed by atoms with van der Waals surface area (Å²) < 4.78 is 6.65. The molecule has 7 nitrogen and oxygen atoms in total. The van der Waals surface area contributed by atoms with E-state index in [0.717, 1.165) is 12.8 Å². The molecular formula is C14H21N3O4. The standard InChI is InChI=1S/C14H21N3O4/c1-2-3-6-17-13(19)5-4-12(15-17)14(20)16-7-8-21-11(9-16)10-18/h4-5,11,18H,2-3,6-10H2,1H3. The lowest BCUT2D eigenvalue weighted by Crippen LogP contribution is -2.47. The number of morpholine rings is 1. The molecule has 0 bridgehead atoms. The average molecular weight is 295 g/mol. The Morgan fingerprint density at radius 2 is 2.33 bits per heavy atom. The monoisotopic (exact) mass is 295 g/mol. The fourth-order valence-electron chi connectivity index (χ4n) is 2.21. The van der Waals surface area contributed by atoms with Gasteiger partial charge in [-0.2, -0.15) is 5.10 Å². The highest BCUT2D eigenvalue weighted by atomic mass is 16.5. The number of aromatic nitrogens is 2. The van der Waals surface area contributed by atoms with Crippen LogP contribution < -0.4 is 5.56 Å². The van der Waals surface area contributed by atoms with Gasteiger partial charge in [-0.15, -0.1) is 0 Å². The number of carbonyl (C=O) groups is 1. The molecule has 1 aliphatic heterocycles. The highest BCUT2D eigenvalue weighted by Gasteiger charge is 2.25. The number of hydrogen-bond donors (Lipinski definition) is 1. The first-order valence-corrected chi connectivity index (χ1v) is 7.25. The molecule has 1 atom stereocenters. The first-order valence-electron chi connectivity index (χ1n) is 7.25. The minimum Gasteiger partial charge on any atom is -0.394 e. The number of nitrogens with zero attached hydrogens (tertiary/aromatic N) is 3. The van der Waals surface area contributed by atoms with Gasteiger partial charge in [-0.3, -0.25) is 9.59 Å². The van der Waals surface area contributed by atoms with Crippen molar-refractivity contribution >= 4 is 5.91 Å². The number of aliphatic hydroxyl groups is 1. The minimum absolute atomic E-state index is 0.118. The SMILES string of the molecule is CCCCn1nc(C(=O)N2CCOC(CO)C2)ccc1=O. The van der Waals surface area contributed by atoms with Crippen molar-refractivity contribution in [3.63, 3.8) is 0 Å². The normalized spacial score (nSPS) is 18.8. The highest BCUT2D eigenvalue weighted by molar-refractivity contribution is 5.92. The van der Waals surface area contributed by atoms with E-state index in [1.807, 2.05) is 6.92 Å². The maximum Gasteiger partial charge on any atom is 0.274 e. The van der Waals surface area contributed by atoms with Gasteiger partial charge in [0.25, 0.3) is 11.5 Å². The van der Waals surface area contributed by atoms with Crippen LogP contribution in [0.4, 0.5) is 0 Å². The summed E-state index contributed by atoms with van der Waals surface area (Å²) in [6, 6.07) is 2.83. The summed E-state index contributed by atoms with van der Waals surface area (Å²) >= 11 is 0. The topological polar surface area (TPSA) is 84.7 Å². The van der Waals surface area contributed by atoms with Gasteiger partial charge >= 0.3 is 0 Å². The Kier molecular flexibility index (Phi) is 5.46. The van der Waals surface area contributed by atoms with E-state index in [1.165, 1.54) is 16.8 Å². The molecule has 21 heavy (non-hydrogen) atoms. The van der Waals surface area contributed by atoms with Crippen LogP contribution in [0.1, 0.15) is 30.3 Å². The van der Waals surface area contributed by atoms with Crippen molar-refractivity contribution in [3.05, 3.63) is 28.2 Å². The smallest absolute Gasteiger partial charge is 0.274 e. The van der Waals surface area contributed by atoms with Crippen LogP contribution in [0.2, 0.25) is 0 Å². The first-order chi connectivity index (χ1) is 10.2. The van der Waals surface area contributed by atoms with Gasteiger partial charge in [0.15, 0.2) is 0 Å². The van der Waals surface area contributed by atoms with E-state index in [0.29, 0.717) is 26.2 Å². The van der Waals surface area contributed by atoms with Gasteiger partial charge in [-0.25, -0.2) is 4.68 Å². The van der Waals surface area contributed by atoms with E-state index < -0.39 is 0 Å². The molecule has 0 aromatic carbocycles. The van der Waals surface area contributed by atoms with Crippen molar-refractivity contribution in [2.75, 3.05) is 26.3 Å². The second kappa shape index (κ2) is 7.33. The molecule has 1 amide bonds. The second-order valence-electron chi connectivity index (χ2n) is 5.06. The summed E-state index contributed by atoms with van der Waals surface area (Å²) in [5, 5.41) is 13.3. The molecule has 1 saturated heterocycles. The third kappa shape index (κ3) is 3.89. The maximum absolute atomic E-state index is 12.4. The van der Waals surface area contributed by atoms with E-state index in [-0.39, 0.29) is 29.9 Å². The van der Waals surface area contributed by atoms with Crippen LogP contribution in [0, 0.1) is 0 Å².